The molecule has 3 amide bonds. The van der Waals surface area contributed by atoms with Crippen molar-refractivity contribution in [3.05, 3.63) is 35.9 Å². The number of carbonyl (C=O) groups excluding carboxylic acids is 3. The molecule has 0 bridgehead atoms. The van der Waals surface area contributed by atoms with E-state index in [1.807, 2.05) is 19.9 Å². The molecule has 1 aliphatic heterocycles. The van der Waals surface area contributed by atoms with E-state index in [-0.39, 0.29) is 18.9 Å². The van der Waals surface area contributed by atoms with Crippen LogP contribution in [0.1, 0.15) is 45.1 Å². The molecule has 1 heterocycles. The molecule has 0 aliphatic carbocycles. The zero-order valence-electron chi connectivity index (χ0n) is 20.1. The monoisotopic (exact) mass is 490 g/mol. The van der Waals surface area contributed by atoms with Gasteiger partial charge in [0, 0.05) is 13.0 Å². The molecule has 11 nitrogen and oxygen atoms in total. The molecule has 1 saturated heterocycles. The average molecular weight is 490 g/mol. The summed E-state index contributed by atoms with van der Waals surface area (Å²) >= 11 is 0. The number of nitrogens with one attached hydrogen (secondary N) is 2. The van der Waals surface area contributed by atoms with Crippen molar-refractivity contribution in [1.29, 1.82) is 0 Å². The quantitative estimate of drug-likeness (QED) is 0.203. The van der Waals surface area contributed by atoms with E-state index in [2.05, 4.69) is 10.6 Å². The summed E-state index contributed by atoms with van der Waals surface area (Å²) in [7, 11) is -1.77. The van der Waals surface area contributed by atoms with Crippen molar-refractivity contribution in [2.75, 3.05) is 6.54 Å². The Bertz CT molecular complexity index is 884. The van der Waals surface area contributed by atoms with Gasteiger partial charge in [-0.05, 0) is 30.7 Å². The van der Waals surface area contributed by atoms with Crippen molar-refractivity contribution in [3.8, 4) is 0 Å². The number of nitrogens with zero attached hydrogens (tertiary/aromatic N) is 1. The van der Waals surface area contributed by atoms with Crippen LogP contribution in [0.3, 0.4) is 0 Å². The summed E-state index contributed by atoms with van der Waals surface area (Å²) < 4.78 is 0. The van der Waals surface area contributed by atoms with E-state index in [0.29, 0.717) is 19.3 Å². The van der Waals surface area contributed by atoms with Gasteiger partial charge in [-0.3, -0.25) is 19.2 Å². The summed E-state index contributed by atoms with van der Waals surface area (Å²) in [6.45, 7) is 4.02. The number of benzene rings is 1. The first kappa shape index (κ1) is 28.3. The van der Waals surface area contributed by atoms with Crippen LogP contribution >= 0.6 is 0 Å². The van der Waals surface area contributed by atoms with E-state index in [1.54, 1.807) is 24.3 Å². The number of carbonyl (C=O) groups is 4. The van der Waals surface area contributed by atoms with Crippen LogP contribution in [0.5, 0.6) is 0 Å². The number of carboxylic acids is 1. The number of carboxylic acid groups (broad SMARTS) is 1. The fourth-order valence-corrected chi connectivity index (χ4v) is 4.16. The molecule has 7 N–H and O–H groups in total. The normalized spacial score (nSPS) is 18.0. The summed E-state index contributed by atoms with van der Waals surface area (Å²) in [5.41, 5.74) is 6.50. The summed E-state index contributed by atoms with van der Waals surface area (Å²) in [4.78, 5) is 51.1. The average Bonchev–Trinajstić information content (AvgIpc) is 3.27. The molecule has 0 aromatic heterocycles. The van der Waals surface area contributed by atoms with Gasteiger partial charge in [-0.1, -0.05) is 44.2 Å². The minimum absolute atomic E-state index is 0.0809. The van der Waals surface area contributed by atoms with Crippen molar-refractivity contribution in [2.45, 2.75) is 70.0 Å². The number of hydrogen-bond donors (Lipinski definition) is 6. The SMILES string of the molecule is CC(C)C[C@H](NC(=O)C(Cc1ccccc1)NC(=O)[C@@H]1CCCN1C(=O)C(N)CC(=O)O)B(O)O. The molecule has 1 fully saturated rings. The number of nitrogens with two attached hydrogens (primary N) is 1. The van der Waals surface area contributed by atoms with Gasteiger partial charge in [0.05, 0.1) is 18.4 Å². The van der Waals surface area contributed by atoms with Gasteiger partial charge >= 0.3 is 13.1 Å². The highest BCUT2D eigenvalue weighted by Gasteiger charge is 2.38. The lowest BCUT2D eigenvalue weighted by Gasteiger charge is -2.29. The Morgan fingerprint density at radius 3 is 2.37 bits per heavy atom. The third kappa shape index (κ3) is 8.64. The number of aliphatic carboxylic acids is 1. The molecular formula is C23H35BN4O7. The maximum Gasteiger partial charge on any atom is 0.475 e. The predicted octanol–water partition coefficient (Wildman–Crippen LogP) is -0.950. The lowest BCUT2D eigenvalue weighted by molar-refractivity contribution is -0.144. The van der Waals surface area contributed by atoms with Gasteiger partial charge in [-0.15, -0.1) is 0 Å². The Kier molecular flexibility index (Phi) is 10.7. The molecule has 12 heteroatoms. The van der Waals surface area contributed by atoms with Gasteiger partial charge in [-0.2, -0.15) is 0 Å². The third-order valence-corrected chi connectivity index (χ3v) is 5.88. The highest BCUT2D eigenvalue weighted by molar-refractivity contribution is 6.43. The molecule has 2 unspecified atom stereocenters. The van der Waals surface area contributed by atoms with Gasteiger partial charge < -0.3 is 36.4 Å². The lowest BCUT2D eigenvalue weighted by atomic mass is 9.75. The largest absolute Gasteiger partial charge is 0.481 e. The second kappa shape index (κ2) is 13.2. The van der Waals surface area contributed by atoms with Gasteiger partial charge in [0.25, 0.3) is 0 Å². The van der Waals surface area contributed by atoms with E-state index in [1.165, 1.54) is 4.90 Å². The van der Waals surface area contributed by atoms with Crippen LogP contribution in [0.2, 0.25) is 0 Å². The Hall–Kier alpha value is -2.96. The first-order valence-corrected chi connectivity index (χ1v) is 11.8. The second-order valence-electron chi connectivity index (χ2n) is 9.30. The molecule has 0 spiro atoms. The third-order valence-electron chi connectivity index (χ3n) is 5.88. The number of hydrogen-bond acceptors (Lipinski definition) is 7. The summed E-state index contributed by atoms with van der Waals surface area (Å²) in [6.07, 6.45) is 0.799. The molecular weight excluding hydrogens is 455 g/mol. The lowest BCUT2D eigenvalue weighted by Crippen LogP contribution is -2.58. The highest BCUT2D eigenvalue weighted by atomic mass is 16.4. The fraction of sp³-hybridized carbons (Fsp3) is 0.565. The number of amides is 3. The zero-order valence-corrected chi connectivity index (χ0v) is 20.1. The molecule has 4 atom stereocenters. The highest BCUT2D eigenvalue weighted by Crippen LogP contribution is 2.19. The Morgan fingerprint density at radius 1 is 1.14 bits per heavy atom. The minimum Gasteiger partial charge on any atom is -0.481 e. The number of rotatable bonds is 12. The Labute approximate surface area is 205 Å². The number of likely N-dealkylation sites (tertiary alicyclic amines) is 1. The van der Waals surface area contributed by atoms with Crippen molar-refractivity contribution in [1.82, 2.24) is 15.5 Å². The Morgan fingerprint density at radius 2 is 1.80 bits per heavy atom. The maximum atomic E-state index is 13.2. The van der Waals surface area contributed by atoms with E-state index in [9.17, 15) is 29.2 Å². The van der Waals surface area contributed by atoms with Crippen molar-refractivity contribution in [3.63, 3.8) is 0 Å². The summed E-state index contributed by atoms with van der Waals surface area (Å²) in [5, 5.41) is 33.7. The van der Waals surface area contributed by atoms with Gasteiger partial charge in [0.2, 0.25) is 17.7 Å². The Balaban J connectivity index is 2.18. The molecule has 2 rings (SSSR count). The fourth-order valence-electron chi connectivity index (χ4n) is 4.16. The summed E-state index contributed by atoms with van der Waals surface area (Å²) in [6, 6.07) is 5.82. The van der Waals surface area contributed by atoms with Gasteiger partial charge in [0.15, 0.2) is 0 Å². The smallest absolute Gasteiger partial charge is 0.475 e. The van der Waals surface area contributed by atoms with E-state index in [4.69, 9.17) is 10.8 Å². The molecule has 0 saturated carbocycles. The van der Waals surface area contributed by atoms with E-state index < -0.39 is 61.3 Å². The second-order valence-corrected chi connectivity index (χ2v) is 9.30. The van der Waals surface area contributed by atoms with E-state index in [0.717, 1.165) is 5.56 Å². The van der Waals surface area contributed by atoms with Gasteiger partial charge in [0.1, 0.15) is 12.1 Å². The molecule has 1 aromatic carbocycles. The maximum absolute atomic E-state index is 13.2. The molecule has 35 heavy (non-hydrogen) atoms. The van der Waals surface area contributed by atoms with Gasteiger partial charge in [-0.25, -0.2) is 0 Å². The van der Waals surface area contributed by atoms with Crippen molar-refractivity contribution in [2.24, 2.45) is 11.7 Å². The predicted molar refractivity (Wildman–Crippen MR) is 129 cm³/mol. The van der Waals surface area contributed by atoms with Crippen LogP contribution in [0.15, 0.2) is 30.3 Å². The topological polar surface area (TPSA) is 182 Å². The first-order chi connectivity index (χ1) is 16.5. The molecule has 1 aliphatic rings. The van der Waals surface area contributed by atoms with Crippen LogP contribution in [-0.2, 0) is 25.6 Å². The molecule has 1 aromatic rings. The van der Waals surface area contributed by atoms with E-state index >= 15 is 0 Å². The standard InChI is InChI=1S/C23H35BN4O7/c1-14(2)11-19(24(34)35)27-21(31)17(12-15-7-4-3-5-8-15)26-22(32)18-9-6-10-28(18)23(33)16(25)13-20(29)30/h3-5,7-8,14,16-19,34-35H,6,9-13,25H2,1-2H3,(H,26,32)(H,27,31)(H,29,30)/t16?,17?,18-,19-/m0/s1. The summed E-state index contributed by atoms with van der Waals surface area (Å²) in [5.74, 6) is -3.82. The van der Waals surface area contributed by atoms with Crippen LogP contribution in [0.25, 0.3) is 0 Å². The minimum atomic E-state index is -1.77. The van der Waals surface area contributed by atoms with Crippen molar-refractivity contribution >= 4 is 30.8 Å². The van der Waals surface area contributed by atoms with Crippen LogP contribution in [0, 0.1) is 5.92 Å². The molecule has 0 radical (unpaired) electrons. The van der Waals surface area contributed by atoms with Crippen LogP contribution < -0.4 is 16.4 Å². The zero-order chi connectivity index (χ0) is 26.1. The van der Waals surface area contributed by atoms with Crippen LogP contribution in [0.4, 0.5) is 0 Å². The van der Waals surface area contributed by atoms with Crippen LogP contribution in [-0.4, -0.2) is 81.5 Å². The molecule has 192 valence electrons. The first-order valence-electron chi connectivity index (χ1n) is 11.8. The van der Waals surface area contributed by atoms with Crippen molar-refractivity contribution < 1.29 is 34.3 Å².